The summed E-state index contributed by atoms with van der Waals surface area (Å²) in [4.78, 5) is 29.5. The van der Waals surface area contributed by atoms with E-state index in [1.165, 1.54) is 5.57 Å². The van der Waals surface area contributed by atoms with Crippen molar-refractivity contribution in [2.24, 2.45) is 0 Å². The lowest BCUT2D eigenvalue weighted by atomic mass is 9.88. The molecule has 2 aromatic carbocycles. The summed E-state index contributed by atoms with van der Waals surface area (Å²) in [6.45, 7) is 15.0. The van der Waals surface area contributed by atoms with Gasteiger partial charge in [-0.25, -0.2) is 4.79 Å². The van der Waals surface area contributed by atoms with Crippen LogP contribution in [0.25, 0.3) is 5.57 Å². The highest BCUT2D eigenvalue weighted by molar-refractivity contribution is 5.95. The van der Waals surface area contributed by atoms with Gasteiger partial charge in [-0.3, -0.25) is 4.79 Å². The van der Waals surface area contributed by atoms with Crippen LogP contribution in [0.15, 0.2) is 54.1 Å². The third kappa shape index (κ3) is 7.15. The molecule has 1 heterocycles. The van der Waals surface area contributed by atoms with Gasteiger partial charge in [0.25, 0.3) is 5.91 Å². The molecule has 0 aromatic heterocycles. The molecule has 0 spiro atoms. The molecule has 3 rings (SSSR count). The monoisotopic (exact) mass is 506 g/mol. The van der Waals surface area contributed by atoms with Crippen molar-refractivity contribution in [3.63, 3.8) is 0 Å². The molecule has 1 saturated heterocycles. The lowest BCUT2D eigenvalue weighted by Gasteiger charge is -2.32. The number of likely N-dealkylation sites (tertiary alicyclic amines) is 1. The molecule has 6 nitrogen and oxygen atoms in total. The second kappa shape index (κ2) is 11.8. The van der Waals surface area contributed by atoms with Crippen molar-refractivity contribution in [3.8, 4) is 5.75 Å². The van der Waals surface area contributed by atoms with Gasteiger partial charge >= 0.3 is 6.09 Å². The maximum absolute atomic E-state index is 13.2. The number of hydrogen-bond donors (Lipinski definition) is 0. The van der Waals surface area contributed by atoms with Crippen LogP contribution in [0.1, 0.15) is 82.8 Å². The van der Waals surface area contributed by atoms with Crippen molar-refractivity contribution in [3.05, 3.63) is 70.8 Å². The molecule has 37 heavy (non-hydrogen) atoms. The molecular formula is C31H42N2O4. The van der Waals surface area contributed by atoms with E-state index in [2.05, 4.69) is 6.07 Å². The summed E-state index contributed by atoms with van der Waals surface area (Å²) in [6, 6.07) is 16.2. The molecule has 0 unspecified atom stereocenters. The summed E-state index contributed by atoms with van der Waals surface area (Å²) >= 11 is 0. The normalized spacial score (nSPS) is 14.1. The first-order chi connectivity index (χ1) is 17.4. The maximum atomic E-state index is 13.2. The minimum absolute atomic E-state index is 0.0396. The number of nitrogens with zero attached hydrogens (tertiary/aromatic N) is 2. The lowest BCUT2D eigenvalue weighted by molar-refractivity contribution is 0.0236. The van der Waals surface area contributed by atoms with Crippen molar-refractivity contribution in [1.82, 2.24) is 9.80 Å². The lowest BCUT2D eigenvalue weighted by Crippen LogP contribution is -2.42. The summed E-state index contributed by atoms with van der Waals surface area (Å²) in [5.74, 6) is 0.830. The van der Waals surface area contributed by atoms with Gasteiger partial charge in [-0.1, -0.05) is 29.8 Å². The summed E-state index contributed by atoms with van der Waals surface area (Å²) in [5.41, 5.74) is 4.68. The second-order valence-electron chi connectivity index (χ2n) is 11.2. The van der Waals surface area contributed by atoms with Crippen molar-refractivity contribution in [2.75, 3.05) is 20.2 Å². The van der Waals surface area contributed by atoms with Gasteiger partial charge < -0.3 is 19.3 Å². The van der Waals surface area contributed by atoms with E-state index < -0.39 is 5.60 Å². The Balaban J connectivity index is 1.95. The predicted octanol–water partition coefficient (Wildman–Crippen LogP) is 6.79. The number of amides is 2. The van der Waals surface area contributed by atoms with Crippen LogP contribution in [0, 0.1) is 0 Å². The number of carbonyl (C=O) groups excluding carboxylic acids is 2. The Morgan fingerprint density at radius 1 is 0.865 bits per heavy atom. The van der Waals surface area contributed by atoms with Crippen LogP contribution in [0.5, 0.6) is 5.75 Å². The highest BCUT2D eigenvalue weighted by Gasteiger charge is 2.27. The predicted molar refractivity (Wildman–Crippen MR) is 149 cm³/mol. The van der Waals surface area contributed by atoms with E-state index in [4.69, 9.17) is 9.47 Å². The number of piperidine rings is 1. The van der Waals surface area contributed by atoms with Crippen LogP contribution >= 0.6 is 0 Å². The number of carbonyl (C=O) groups is 2. The van der Waals surface area contributed by atoms with Gasteiger partial charge in [0, 0.05) is 30.7 Å². The molecule has 1 aliphatic heterocycles. The second-order valence-corrected chi connectivity index (χ2v) is 11.2. The van der Waals surface area contributed by atoms with Gasteiger partial charge in [0.1, 0.15) is 11.4 Å². The van der Waals surface area contributed by atoms with Crippen LogP contribution in [-0.2, 0) is 4.74 Å². The Kier molecular flexibility index (Phi) is 9.06. The van der Waals surface area contributed by atoms with E-state index in [1.54, 1.807) is 12.0 Å². The standard InChI is InChI=1S/C31H42N2O4/c1-21(2)33(22(3)4)29(34)25-14-12-23(13-15-25)28(26-10-9-11-27(20-26)36-8)24-16-18-32(19-17-24)30(35)37-31(5,6)7/h9-15,20-22H,16-19H2,1-8H3. The largest absolute Gasteiger partial charge is 0.497 e. The number of hydrogen-bond acceptors (Lipinski definition) is 4. The molecule has 200 valence electrons. The van der Waals surface area contributed by atoms with Gasteiger partial charge in [-0.05, 0) is 102 Å². The summed E-state index contributed by atoms with van der Waals surface area (Å²) < 4.78 is 11.1. The molecule has 6 heteroatoms. The van der Waals surface area contributed by atoms with E-state index in [1.807, 2.05) is 95.8 Å². The first-order valence-electron chi connectivity index (χ1n) is 13.2. The zero-order valence-corrected chi connectivity index (χ0v) is 23.6. The highest BCUT2D eigenvalue weighted by atomic mass is 16.6. The number of benzene rings is 2. The molecule has 1 aliphatic rings. The fraction of sp³-hybridized carbons (Fsp3) is 0.484. The zero-order chi connectivity index (χ0) is 27.3. The quantitative estimate of drug-likeness (QED) is 0.433. The van der Waals surface area contributed by atoms with Gasteiger partial charge in [-0.2, -0.15) is 0 Å². The van der Waals surface area contributed by atoms with Gasteiger partial charge in [-0.15, -0.1) is 0 Å². The van der Waals surface area contributed by atoms with Gasteiger partial charge in [0.05, 0.1) is 7.11 Å². The van der Waals surface area contributed by atoms with Crippen LogP contribution in [0.2, 0.25) is 0 Å². The Morgan fingerprint density at radius 3 is 1.95 bits per heavy atom. The van der Waals surface area contributed by atoms with E-state index in [9.17, 15) is 9.59 Å². The van der Waals surface area contributed by atoms with E-state index in [0.29, 0.717) is 18.7 Å². The third-order valence-electron chi connectivity index (χ3n) is 6.50. The van der Waals surface area contributed by atoms with E-state index in [0.717, 1.165) is 35.3 Å². The molecule has 0 atom stereocenters. The van der Waals surface area contributed by atoms with Crippen molar-refractivity contribution < 1.29 is 19.1 Å². The summed E-state index contributed by atoms with van der Waals surface area (Å²) in [7, 11) is 1.67. The topological polar surface area (TPSA) is 59.1 Å². The average molecular weight is 507 g/mol. The number of rotatable bonds is 6. The summed E-state index contributed by atoms with van der Waals surface area (Å²) in [6.07, 6.45) is 1.24. The Bertz CT molecular complexity index is 1110. The molecule has 0 aliphatic carbocycles. The Hall–Kier alpha value is -3.28. The minimum Gasteiger partial charge on any atom is -0.497 e. The minimum atomic E-state index is -0.515. The van der Waals surface area contributed by atoms with Crippen LogP contribution in [0.4, 0.5) is 4.79 Å². The zero-order valence-electron chi connectivity index (χ0n) is 23.6. The van der Waals surface area contributed by atoms with Crippen molar-refractivity contribution in [1.29, 1.82) is 0 Å². The van der Waals surface area contributed by atoms with E-state index in [-0.39, 0.29) is 24.1 Å². The Morgan fingerprint density at radius 2 is 1.43 bits per heavy atom. The van der Waals surface area contributed by atoms with Gasteiger partial charge in [0.2, 0.25) is 0 Å². The molecule has 1 fully saturated rings. The maximum Gasteiger partial charge on any atom is 0.410 e. The van der Waals surface area contributed by atoms with Crippen molar-refractivity contribution in [2.45, 2.75) is 79.0 Å². The number of ether oxygens (including phenoxy) is 2. The first-order valence-corrected chi connectivity index (χ1v) is 13.2. The highest BCUT2D eigenvalue weighted by Crippen LogP contribution is 2.34. The van der Waals surface area contributed by atoms with Crippen molar-refractivity contribution >= 4 is 17.6 Å². The molecule has 0 bridgehead atoms. The third-order valence-corrected chi connectivity index (χ3v) is 6.50. The molecule has 0 saturated carbocycles. The number of methoxy groups -OCH3 is 1. The molecule has 2 aromatic rings. The van der Waals surface area contributed by atoms with Gasteiger partial charge in [0.15, 0.2) is 0 Å². The fourth-order valence-electron chi connectivity index (χ4n) is 4.88. The van der Waals surface area contributed by atoms with Crippen LogP contribution in [-0.4, -0.2) is 59.7 Å². The molecule has 2 amide bonds. The SMILES string of the molecule is COc1cccc(C(=C2CCN(C(=O)OC(C)(C)C)CC2)c2ccc(C(=O)N(C(C)C)C(C)C)cc2)c1. The van der Waals surface area contributed by atoms with Crippen LogP contribution < -0.4 is 4.74 Å². The average Bonchev–Trinajstić information content (AvgIpc) is 2.83. The molecular weight excluding hydrogens is 464 g/mol. The molecule has 0 N–H and O–H groups in total. The van der Waals surface area contributed by atoms with E-state index >= 15 is 0 Å². The van der Waals surface area contributed by atoms with Crippen LogP contribution in [0.3, 0.4) is 0 Å². The fourth-order valence-corrected chi connectivity index (χ4v) is 4.88. The smallest absolute Gasteiger partial charge is 0.410 e. The Labute approximate surface area is 222 Å². The molecule has 0 radical (unpaired) electrons. The summed E-state index contributed by atoms with van der Waals surface area (Å²) in [5, 5.41) is 0. The first kappa shape index (κ1) is 28.3.